The number of halogens is 1. The van der Waals surface area contributed by atoms with Crippen molar-refractivity contribution < 1.29 is 0 Å². The number of nitrogens with zero attached hydrogens (tertiary/aromatic N) is 2. The first-order valence-corrected chi connectivity index (χ1v) is 6.40. The lowest BCUT2D eigenvalue weighted by Crippen LogP contribution is -2.10. The molecular formula is C12H16BrN3. The average molecular weight is 282 g/mol. The zero-order chi connectivity index (χ0) is 11.5. The first-order valence-electron chi connectivity index (χ1n) is 5.61. The van der Waals surface area contributed by atoms with Crippen molar-refractivity contribution in [2.75, 3.05) is 6.54 Å². The minimum Gasteiger partial charge on any atom is -0.330 e. The fourth-order valence-corrected chi connectivity index (χ4v) is 2.29. The molecule has 16 heavy (non-hydrogen) atoms. The van der Waals surface area contributed by atoms with E-state index in [0.717, 1.165) is 35.2 Å². The number of imidazole rings is 1. The number of nitrogens with two attached hydrogens (primary N) is 1. The molecule has 1 aromatic heterocycles. The number of aryl methyl sites for hydroxylation is 1. The van der Waals surface area contributed by atoms with Crippen LogP contribution in [0.3, 0.4) is 0 Å². The van der Waals surface area contributed by atoms with Crippen LogP contribution in [-0.4, -0.2) is 16.1 Å². The van der Waals surface area contributed by atoms with Crippen molar-refractivity contribution in [3.63, 3.8) is 0 Å². The van der Waals surface area contributed by atoms with E-state index in [9.17, 15) is 0 Å². The van der Waals surface area contributed by atoms with Crippen LogP contribution in [0, 0.1) is 0 Å². The number of hydrogen-bond donors (Lipinski definition) is 1. The van der Waals surface area contributed by atoms with Gasteiger partial charge in [-0.05, 0) is 31.2 Å². The van der Waals surface area contributed by atoms with Crippen molar-refractivity contribution in [2.24, 2.45) is 5.73 Å². The maximum absolute atomic E-state index is 5.61. The Kier molecular flexibility index (Phi) is 3.61. The van der Waals surface area contributed by atoms with E-state index in [1.54, 1.807) is 0 Å². The van der Waals surface area contributed by atoms with E-state index in [1.165, 1.54) is 5.52 Å². The SMILES string of the molecule is CCCn1c(CCN)nc2ccc(Br)cc21. The standard InChI is InChI=1S/C12H16BrN3/c1-2-7-16-11-8-9(13)3-4-10(11)15-12(16)5-6-14/h3-4,8H,2,5-7,14H2,1H3. The van der Waals surface area contributed by atoms with Crippen LogP contribution in [0.2, 0.25) is 0 Å². The van der Waals surface area contributed by atoms with Gasteiger partial charge in [-0.15, -0.1) is 0 Å². The predicted octanol–water partition coefficient (Wildman–Crippen LogP) is 2.71. The fraction of sp³-hybridized carbons (Fsp3) is 0.417. The van der Waals surface area contributed by atoms with Gasteiger partial charge in [0.2, 0.25) is 0 Å². The van der Waals surface area contributed by atoms with E-state index < -0.39 is 0 Å². The van der Waals surface area contributed by atoms with Crippen LogP contribution < -0.4 is 5.73 Å². The van der Waals surface area contributed by atoms with Crippen LogP contribution in [0.1, 0.15) is 19.2 Å². The number of rotatable bonds is 4. The van der Waals surface area contributed by atoms with Crippen LogP contribution in [0.15, 0.2) is 22.7 Å². The Labute approximate surface area is 104 Å². The summed E-state index contributed by atoms with van der Waals surface area (Å²) in [6.07, 6.45) is 1.95. The quantitative estimate of drug-likeness (QED) is 0.937. The summed E-state index contributed by atoms with van der Waals surface area (Å²) >= 11 is 3.50. The van der Waals surface area contributed by atoms with Crippen molar-refractivity contribution in [2.45, 2.75) is 26.3 Å². The number of aromatic nitrogens is 2. The van der Waals surface area contributed by atoms with Crippen LogP contribution in [-0.2, 0) is 13.0 Å². The van der Waals surface area contributed by atoms with Gasteiger partial charge in [-0.25, -0.2) is 4.98 Å². The highest BCUT2D eigenvalue weighted by Crippen LogP contribution is 2.21. The van der Waals surface area contributed by atoms with E-state index >= 15 is 0 Å². The first-order chi connectivity index (χ1) is 7.76. The van der Waals surface area contributed by atoms with E-state index in [0.29, 0.717) is 6.54 Å². The van der Waals surface area contributed by atoms with Crippen molar-refractivity contribution in [1.29, 1.82) is 0 Å². The molecule has 0 fully saturated rings. The average Bonchev–Trinajstić information content (AvgIpc) is 2.58. The number of benzene rings is 1. The highest BCUT2D eigenvalue weighted by Gasteiger charge is 2.09. The maximum atomic E-state index is 5.61. The molecule has 0 unspecified atom stereocenters. The third-order valence-corrected chi connectivity index (χ3v) is 3.10. The second-order valence-electron chi connectivity index (χ2n) is 3.85. The molecule has 2 N–H and O–H groups in total. The Bertz CT molecular complexity index is 490. The third kappa shape index (κ3) is 2.13. The lowest BCUT2D eigenvalue weighted by Gasteiger charge is -2.06. The molecule has 0 aliphatic heterocycles. The van der Waals surface area contributed by atoms with E-state index in [2.05, 4.69) is 38.5 Å². The molecule has 2 aromatic rings. The van der Waals surface area contributed by atoms with Crippen LogP contribution >= 0.6 is 15.9 Å². The molecule has 1 heterocycles. The molecule has 2 rings (SSSR count). The zero-order valence-corrected chi connectivity index (χ0v) is 11.0. The van der Waals surface area contributed by atoms with Crippen LogP contribution in [0.5, 0.6) is 0 Å². The Morgan fingerprint density at radius 1 is 1.44 bits per heavy atom. The maximum Gasteiger partial charge on any atom is 0.111 e. The monoisotopic (exact) mass is 281 g/mol. The predicted molar refractivity (Wildman–Crippen MR) is 70.5 cm³/mol. The van der Waals surface area contributed by atoms with Gasteiger partial charge in [0.05, 0.1) is 11.0 Å². The van der Waals surface area contributed by atoms with Crippen molar-refractivity contribution >= 4 is 27.0 Å². The lowest BCUT2D eigenvalue weighted by atomic mass is 10.3. The molecule has 86 valence electrons. The molecule has 0 amide bonds. The summed E-state index contributed by atoms with van der Waals surface area (Å²) < 4.78 is 3.36. The first kappa shape index (κ1) is 11.6. The molecule has 0 atom stereocenters. The Morgan fingerprint density at radius 3 is 2.94 bits per heavy atom. The number of fused-ring (bicyclic) bond motifs is 1. The normalized spacial score (nSPS) is 11.2. The van der Waals surface area contributed by atoms with Gasteiger partial charge in [-0.3, -0.25) is 0 Å². The van der Waals surface area contributed by atoms with Crippen molar-refractivity contribution in [1.82, 2.24) is 9.55 Å². The van der Waals surface area contributed by atoms with Crippen molar-refractivity contribution in [3.8, 4) is 0 Å². The highest BCUT2D eigenvalue weighted by atomic mass is 79.9. The Balaban J connectivity index is 2.57. The minimum atomic E-state index is 0.647. The van der Waals surface area contributed by atoms with E-state index in [1.807, 2.05) is 12.1 Å². The fourth-order valence-electron chi connectivity index (χ4n) is 1.94. The molecular weight excluding hydrogens is 266 g/mol. The highest BCUT2D eigenvalue weighted by molar-refractivity contribution is 9.10. The van der Waals surface area contributed by atoms with Crippen molar-refractivity contribution in [3.05, 3.63) is 28.5 Å². The summed E-state index contributed by atoms with van der Waals surface area (Å²) in [4.78, 5) is 4.62. The van der Waals surface area contributed by atoms with Gasteiger partial charge in [0.15, 0.2) is 0 Å². The van der Waals surface area contributed by atoms with Gasteiger partial charge in [-0.2, -0.15) is 0 Å². The van der Waals surface area contributed by atoms with Crippen LogP contribution in [0.4, 0.5) is 0 Å². The van der Waals surface area contributed by atoms with E-state index in [-0.39, 0.29) is 0 Å². The Hall–Kier alpha value is -0.870. The minimum absolute atomic E-state index is 0.647. The molecule has 4 heteroatoms. The third-order valence-electron chi connectivity index (χ3n) is 2.60. The number of hydrogen-bond acceptors (Lipinski definition) is 2. The molecule has 3 nitrogen and oxygen atoms in total. The second-order valence-corrected chi connectivity index (χ2v) is 4.77. The summed E-state index contributed by atoms with van der Waals surface area (Å²) in [5.74, 6) is 1.09. The summed E-state index contributed by atoms with van der Waals surface area (Å²) in [7, 11) is 0. The molecule has 0 aliphatic carbocycles. The largest absolute Gasteiger partial charge is 0.330 e. The summed E-state index contributed by atoms with van der Waals surface area (Å²) in [6.45, 7) is 3.83. The van der Waals surface area contributed by atoms with Gasteiger partial charge in [0, 0.05) is 17.4 Å². The lowest BCUT2D eigenvalue weighted by molar-refractivity contribution is 0.652. The Morgan fingerprint density at radius 2 is 2.25 bits per heavy atom. The van der Waals surface area contributed by atoms with Gasteiger partial charge in [0.1, 0.15) is 5.82 Å². The molecule has 0 aliphatic rings. The zero-order valence-electron chi connectivity index (χ0n) is 9.41. The van der Waals surface area contributed by atoms with Crippen LogP contribution in [0.25, 0.3) is 11.0 Å². The van der Waals surface area contributed by atoms with Gasteiger partial charge in [-0.1, -0.05) is 22.9 Å². The second kappa shape index (κ2) is 4.97. The summed E-state index contributed by atoms with van der Waals surface area (Å²) in [5, 5.41) is 0. The van der Waals surface area contributed by atoms with Gasteiger partial charge >= 0.3 is 0 Å². The molecule has 0 spiro atoms. The van der Waals surface area contributed by atoms with E-state index in [4.69, 9.17) is 5.73 Å². The molecule has 0 saturated heterocycles. The molecule has 0 saturated carbocycles. The molecule has 1 aromatic carbocycles. The van der Waals surface area contributed by atoms with Gasteiger partial charge < -0.3 is 10.3 Å². The summed E-state index contributed by atoms with van der Waals surface area (Å²) in [5.41, 5.74) is 7.86. The molecule has 0 radical (unpaired) electrons. The van der Waals surface area contributed by atoms with Gasteiger partial charge in [0.25, 0.3) is 0 Å². The molecule has 0 bridgehead atoms. The smallest absolute Gasteiger partial charge is 0.111 e. The topological polar surface area (TPSA) is 43.8 Å². The summed E-state index contributed by atoms with van der Waals surface area (Å²) in [6, 6.07) is 6.20.